The molecule has 1 aliphatic heterocycles. The molecule has 6 rings (SSSR count). The Kier molecular flexibility index (Phi) is 4.41. The van der Waals surface area contributed by atoms with E-state index >= 15 is 0 Å². The minimum absolute atomic E-state index is 0.198. The van der Waals surface area contributed by atoms with Crippen LogP contribution in [0.4, 0.5) is 5.69 Å². The molecule has 1 atom stereocenters. The highest BCUT2D eigenvalue weighted by atomic mass is 16.2. The van der Waals surface area contributed by atoms with Crippen molar-refractivity contribution in [3.63, 3.8) is 0 Å². The Morgan fingerprint density at radius 3 is 2.25 bits per heavy atom. The molecule has 150 valence electrons. The number of anilines is 1. The lowest BCUT2D eigenvalue weighted by Crippen LogP contribution is -2.50. The fourth-order valence-electron chi connectivity index (χ4n) is 7.24. The number of benzodiazepines with no additional fused rings is 1. The van der Waals surface area contributed by atoms with E-state index in [1.165, 1.54) is 49.8 Å². The second-order valence-electron chi connectivity index (χ2n) is 10.4. The maximum atomic E-state index is 13.5. The van der Waals surface area contributed by atoms with Crippen LogP contribution in [0.1, 0.15) is 71.3 Å². The van der Waals surface area contributed by atoms with Crippen molar-refractivity contribution in [2.45, 2.75) is 71.8 Å². The van der Waals surface area contributed by atoms with Gasteiger partial charge in [0.25, 0.3) is 5.91 Å². The van der Waals surface area contributed by atoms with Crippen LogP contribution in [0.25, 0.3) is 0 Å². The third-order valence-corrected chi connectivity index (χ3v) is 7.84. The van der Waals surface area contributed by atoms with E-state index in [4.69, 9.17) is 4.99 Å². The van der Waals surface area contributed by atoms with E-state index in [9.17, 15) is 4.79 Å². The molecule has 3 nitrogen and oxygen atoms in total. The van der Waals surface area contributed by atoms with Crippen molar-refractivity contribution in [1.82, 2.24) is 0 Å². The highest BCUT2D eigenvalue weighted by Gasteiger charge is 2.54. The van der Waals surface area contributed by atoms with Gasteiger partial charge in [-0.3, -0.25) is 9.79 Å². The predicted octanol–water partition coefficient (Wildman–Crippen LogP) is 5.47. The Morgan fingerprint density at radius 2 is 1.68 bits per heavy atom. The maximum absolute atomic E-state index is 13.5. The van der Waals surface area contributed by atoms with Gasteiger partial charge in [0.15, 0.2) is 0 Å². The van der Waals surface area contributed by atoms with E-state index in [1.54, 1.807) is 0 Å². The van der Waals surface area contributed by atoms with Gasteiger partial charge in [-0.05, 0) is 81.6 Å². The van der Waals surface area contributed by atoms with Gasteiger partial charge in [-0.15, -0.1) is 0 Å². The molecule has 4 fully saturated rings. The van der Waals surface area contributed by atoms with Crippen molar-refractivity contribution in [3.05, 3.63) is 29.8 Å². The zero-order valence-electron chi connectivity index (χ0n) is 17.7. The summed E-state index contributed by atoms with van der Waals surface area (Å²) in [6, 6.07) is 8.37. The third kappa shape index (κ3) is 2.84. The van der Waals surface area contributed by atoms with Gasteiger partial charge in [-0.2, -0.15) is 0 Å². The Labute approximate surface area is 169 Å². The second-order valence-corrected chi connectivity index (χ2v) is 10.4. The van der Waals surface area contributed by atoms with Gasteiger partial charge in [0, 0.05) is 17.5 Å². The molecule has 0 spiro atoms. The summed E-state index contributed by atoms with van der Waals surface area (Å²) in [6.45, 7) is 7.23. The standard InChI is InChI=1S/C25H34N2O/c1-4-27-22-8-6-5-7-20(22)23(26-21(24(27)28)9-16(2)3)25-13-17-10-18(14-25)12-19(11-17)15-25/h5-8,16-19,21H,4,9-15H2,1-3H3. The maximum Gasteiger partial charge on any atom is 0.251 e. The fraction of sp³-hybridized carbons (Fsp3) is 0.680. The second kappa shape index (κ2) is 6.71. The van der Waals surface area contributed by atoms with Crippen molar-refractivity contribution >= 4 is 17.3 Å². The van der Waals surface area contributed by atoms with Crippen molar-refractivity contribution < 1.29 is 4.79 Å². The summed E-state index contributed by atoms with van der Waals surface area (Å²) in [6.07, 6.45) is 9.03. The Balaban J connectivity index is 1.66. The number of aliphatic imine (C=N–C) groups is 1. The van der Waals surface area contributed by atoms with Crippen LogP contribution in [0.15, 0.2) is 29.3 Å². The molecular formula is C25H34N2O. The molecular weight excluding hydrogens is 344 g/mol. The molecule has 0 N–H and O–H groups in total. The molecule has 0 radical (unpaired) electrons. The van der Waals surface area contributed by atoms with E-state index in [0.29, 0.717) is 12.5 Å². The van der Waals surface area contributed by atoms with Crippen molar-refractivity contribution in [1.29, 1.82) is 0 Å². The molecule has 4 saturated carbocycles. The first-order valence-electron chi connectivity index (χ1n) is 11.5. The first-order chi connectivity index (χ1) is 13.5. The average Bonchev–Trinajstić information content (AvgIpc) is 2.75. The summed E-state index contributed by atoms with van der Waals surface area (Å²) in [5, 5.41) is 0. The number of hydrogen-bond donors (Lipinski definition) is 0. The minimum Gasteiger partial charge on any atom is -0.310 e. The molecule has 28 heavy (non-hydrogen) atoms. The zero-order valence-corrected chi connectivity index (χ0v) is 17.7. The van der Waals surface area contributed by atoms with Gasteiger partial charge in [-0.1, -0.05) is 32.0 Å². The lowest BCUT2D eigenvalue weighted by Gasteiger charge is -2.57. The molecule has 1 amide bonds. The van der Waals surface area contributed by atoms with Crippen molar-refractivity contribution in [2.24, 2.45) is 34.1 Å². The van der Waals surface area contributed by atoms with Crippen LogP contribution >= 0.6 is 0 Å². The summed E-state index contributed by atoms with van der Waals surface area (Å²) in [5.41, 5.74) is 3.84. The Bertz CT molecular complexity index is 773. The van der Waals surface area contributed by atoms with Gasteiger partial charge in [0.1, 0.15) is 6.04 Å². The summed E-state index contributed by atoms with van der Waals surface area (Å²) in [7, 11) is 0. The van der Waals surface area contributed by atoms with Crippen LogP contribution in [0, 0.1) is 29.1 Å². The van der Waals surface area contributed by atoms with Gasteiger partial charge in [0.05, 0.1) is 11.4 Å². The van der Waals surface area contributed by atoms with Crippen LogP contribution in [-0.2, 0) is 4.79 Å². The van der Waals surface area contributed by atoms with Crippen LogP contribution in [0.2, 0.25) is 0 Å². The number of benzene rings is 1. The molecule has 1 heterocycles. The smallest absolute Gasteiger partial charge is 0.251 e. The lowest BCUT2D eigenvalue weighted by atomic mass is 9.48. The van der Waals surface area contributed by atoms with Crippen LogP contribution in [0.5, 0.6) is 0 Å². The summed E-state index contributed by atoms with van der Waals surface area (Å²) >= 11 is 0. The molecule has 1 unspecified atom stereocenters. The van der Waals surface area contributed by atoms with Crippen LogP contribution in [-0.4, -0.2) is 24.2 Å². The molecule has 1 aromatic rings. The number of likely N-dealkylation sites (N-methyl/N-ethyl adjacent to an activating group) is 1. The first kappa shape index (κ1) is 18.4. The molecule has 1 aromatic carbocycles. The van der Waals surface area contributed by atoms with E-state index in [2.05, 4.69) is 45.0 Å². The number of para-hydroxylation sites is 1. The SMILES string of the molecule is CCN1C(=O)C(CC(C)C)N=C(C23CC4CC(CC(C4)C2)C3)c2ccccc21. The number of nitrogens with zero attached hydrogens (tertiary/aromatic N) is 2. The predicted molar refractivity (Wildman–Crippen MR) is 115 cm³/mol. The molecule has 4 aliphatic carbocycles. The molecule has 5 aliphatic rings. The number of carbonyl (C=O) groups excluding carboxylic acids is 1. The quantitative estimate of drug-likeness (QED) is 0.683. The average molecular weight is 379 g/mol. The Morgan fingerprint density at radius 1 is 1.07 bits per heavy atom. The van der Waals surface area contributed by atoms with Gasteiger partial charge < -0.3 is 4.90 Å². The topological polar surface area (TPSA) is 32.7 Å². The first-order valence-corrected chi connectivity index (χ1v) is 11.5. The molecule has 4 bridgehead atoms. The van der Waals surface area contributed by atoms with Crippen LogP contribution < -0.4 is 4.90 Å². The molecule has 0 saturated heterocycles. The molecule has 0 aromatic heterocycles. The van der Waals surface area contributed by atoms with E-state index < -0.39 is 0 Å². The van der Waals surface area contributed by atoms with E-state index in [1.807, 2.05) is 4.90 Å². The summed E-state index contributed by atoms with van der Waals surface area (Å²) < 4.78 is 0. The molecule has 3 heteroatoms. The van der Waals surface area contributed by atoms with Crippen molar-refractivity contribution in [2.75, 3.05) is 11.4 Å². The number of rotatable bonds is 4. The number of hydrogen-bond acceptors (Lipinski definition) is 2. The summed E-state index contributed by atoms with van der Waals surface area (Å²) in [5.74, 6) is 3.31. The minimum atomic E-state index is -0.227. The largest absolute Gasteiger partial charge is 0.310 e. The van der Waals surface area contributed by atoms with Gasteiger partial charge in [0.2, 0.25) is 0 Å². The normalized spacial score (nSPS) is 36.5. The number of amides is 1. The highest BCUT2D eigenvalue weighted by Crippen LogP contribution is 2.61. The fourth-order valence-corrected chi connectivity index (χ4v) is 7.24. The Hall–Kier alpha value is -1.64. The monoisotopic (exact) mass is 378 g/mol. The number of carbonyl (C=O) groups is 1. The van der Waals surface area contributed by atoms with Gasteiger partial charge in [-0.25, -0.2) is 0 Å². The van der Waals surface area contributed by atoms with E-state index in [-0.39, 0.29) is 17.4 Å². The van der Waals surface area contributed by atoms with E-state index in [0.717, 1.165) is 29.9 Å². The zero-order chi connectivity index (χ0) is 19.5. The van der Waals surface area contributed by atoms with Crippen molar-refractivity contribution in [3.8, 4) is 0 Å². The lowest BCUT2D eigenvalue weighted by molar-refractivity contribution is -0.120. The van der Waals surface area contributed by atoms with Crippen LogP contribution in [0.3, 0.4) is 0 Å². The van der Waals surface area contributed by atoms with Gasteiger partial charge >= 0.3 is 0 Å². The number of fused-ring (bicyclic) bond motifs is 1. The summed E-state index contributed by atoms with van der Waals surface area (Å²) in [4.78, 5) is 20.8. The third-order valence-electron chi connectivity index (χ3n) is 7.84. The highest BCUT2D eigenvalue weighted by molar-refractivity contribution is 6.15.